The van der Waals surface area contributed by atoms with Crippen molar-refractivity contribution in [1.82, 2.24) is 4.90 Å². The lowest BCUT2D eigenvalue weighted by Crippen LogP contribution is -2.49. The summed E-state index contributed by atoms with van der Waals surface area (Å²) in [7, 11) is 0. The summed E-state index contributed by atoms with van der Waals surface area (Å²) in [6.07, 6.45) is -1.81. The van der Waals surface area contributed by atoms with Crippen molar-refractivity contribution < 1.29 is 27.9 Å². The van der Waals surface area contributed by atoms with Gasteiger partial charge >= 0.3 is 6.11 Å². The third-order valence-corrected chi connectivity index (χ3v) is 6.52. The van der Waals surface area contributed by atoms with E-state index in [0.717, 1.165) is 22.3 Å². The molecule has 0 aromatic heterocycles. The smallest absolute Gasteiger partial charge is 0.341 e. The summed E-state index contributed by atoms with van der Waals surface area (Å²) in [5.41, 5.74) is 2.95. The lowest BCUT2D eigenvalue weighted by atomic mass is 9.62. The molecule has 0 unspecified atom stereocenters. The quantitative estimate of drug-likeness (QED) is 0.521. The summed E-state index contributed by atoms with van der Waals surface area (Å²) in [5, 5.41) is 0. The molecule has 172 valence electrons. The fourth-order valence-electron chi connectivity index (χ4n) is 5.02. The van der Waals surface area contributed by atoms with Crippen molar-refractivity contribution in [2.75, 3.05) is 19.7 Å². The average molecular weight is 446 g/mol. The molecule has 1 aromatic carbocycles. The van der Waals surface area contributed by atoms with Gasteiger partial charge in [-0.1, -0.05) is 5.92 Å². The molecule has 5 nitrogen and oxygen atoms in total. The highest BCUT2D eigenvalue weighted by molar-refractivity contribution is 6.10. The summed E-state index contributed by atoms with van der Waals surface area (Å²) < 4.78 is 30.0. The van der Waals surface area contributed by atoms with Crippen LogP contribution < -0.4 is 0 Å². The first-order valence-corrected chi connectivity index (χ1v) is 10.8. The summed E-state index contributed by atoms with van der Waals surface area (Å²) in [6, 6.07) is 3.82. The number of carbonyl (C=O) groups is 3. The van der Waals surface area contributed by atoms with Gasteiger partial charge in [-0.15, -0.1) is 5.92 Å². The Balaban J connectivity index is 1.70. The van der Waals surface area contributed by atoms with Crippen LogP contribution in [0.1, 0.15) is 67.7 Å². The molecule has 0 bridgehead atoms. The minimum Gasteiger partial charge on any atom is -0.341 e. The monoisotopic (exact) mass is 445 g/mol. The van der Waals surface area contributed by atoms with Crippen LogP contribution in [-0.2, 0) is 19.1 Å². The Labute approximate surface area is 187 Å². The fourth-order valence-corrected chi connectivity index (χ4v) is 5.02. The number of hydrogen-bond acceptors (Lipinski definition) is 4. The number of ether oxygens (including phenoxy) is 1. The van der Waals surface area contributed by atoms with E-state index in [2.05, 4.69) is 16.6 Å². The van der Waals surface area contributed by atoms with Gasteiger partial charge in [0.1, 0.15) is 24.1 Å². The van der Waals surface area contributed by atoms with Crippen molar-refractivity contribution in [3.63, 3.8) is 0 Å². The highest BCUT2D eigenvalue weighted by Gasteiger charge is 2.47. The number of hydrogen-bond donors (Lipinski definition) is 0. The Morgan fingerprint density at radius 2 is 1.69 bits per heavy atom. The molecule has 1 saturated carbocycles. The van der Waals surface area contributed by atoms with E-state index in [9.17, 15) is 23.2 Å². The largest absolute Gasteiger partial charge is 0.353 e. The molecule has 1 saturated heterocycles. The number of aryl methyl sites for hydroxylation is 2. The second-order valence-electron chi connectivity index (χ2n) is 9.10. The number of ketones is 2. The van der Waals surface area contributed by atoms with Crippen LogP contribution in [0.2, 0.25) is 0 Å². The number of Topliss-reactive ketones (excluding diaryl/α,β-unsaturated/α-hetero) is 2. The topological polar surface area (TPSA) is 63.7 Å². The van der Waals surface area contributed by atoms with Gasteiger partial charge in [0.15, 0.2) is 0 Å². The molecule has 1 aromatic rings. The minimum absolute atomic E-state index is 0.0875. The van der Waals surface area contributed by atoms with E-state index in [-0.39, 0.29) is 24.4 Å². The summed E-state index contributed by atoms with van der Waals surface area (Å²) in [4.78, 5) is 40.0. The highest BCUT2D eigenvalue weighted by Crippen LogP contribution is 2.46. The molecule has 1 amide bonds. The van der Waals surface area contributed by atoms with Crippen molar-refractivity contribution in [1.29, 1.82) is 0 Å². The van der Waals surface area contributed by atoms with Gasteiger partial charge in [0.05, 0.1) is 0 Å². The van der Waals surface area contributed by atoms with Crippen LogP contribution >= 0.6 is 0 Å². The zero-order chi connectivity index (χ0) is 23.7. The molecule has 1 aliphatic heterocycles. The van der Waals surface area contributed by atoms with E-state index in [1.54, 1.807) is 6.92 Å². The molecular weight excluding hydrogens is 416 g/mol. The van der Waals surface area contributed by atoms with E-state index < -0.39 is 30.0 Å². The summed E-state index contributed by atoms with van der Waals surface area (Å²) in [6.45, 7) is 6.12. The van der Waals surface area contributed by atoms with Gasteiger partial charge in [-0.3, -0.25) is 14.4 Å². The molecule has 1 spiro atoms. The van der Waals surface area contributed by atoms with Gasteiger partial charge in [-0.25, -0.2) is 0 Å². The Bertz CT molecular complexity index is 948. The molecule has 32 heavy (non-hydrogen) atoms. The number of alkyl halides is 2. The summed E-state index contributed by atoms with van der Waals surface area (Å²) in [5.74, 6) is 4.44. The van der Waals surface area contributed by atoms with Crippen LogP contribution in [0, 0.1) is 31.1 Å². The second-order valence-corrected chi connectivity index (χ2v) is 9.10. The standard InChI is InChI=1S/C25H29F2NO4/c1-5-6-18-11-16(2)22(17(3)12-18)23-19(29)13-25(14-20(23)30)7-9-28(10-8-25)21(31)15-32-24(4,26)27/h11-12,23H,7-10,13-15H2,1-4H3. The molecule has 0 N–H and O–H groups in total. The third kappa shape index (κ3) is 5.24. The van der Waals surface area contributed by atoms with E-state index in [4.69, 9.17) is 0 Å². The van der Waals surface area contributed by atoms with Crippen molar-refractivity contribution >= 4 is 17.5 Å². The Morgan fingerprint density at radius 1 is 1.16 bits per heavy atom. The fraction of sp³-hybridized carbons (Fsp3) is 0.560. The predicted octanol–water partition coefficient (Wildman–Crippen LogP) is 3.93. The van der Waals surface area contributed by atoms with Crippen LogP contribution in [0.15, 0.2) is 12.1 Å². The van der Waals surface area contributed by atoms with Crippen LogP contribution in [0.5, 0.6) is 0 Å². The normalized spacial score (nSPS) is 19.1. The molecule has 2 aliphatic rings. The molecular formula is C25H29F2NO4. The van der Waals surface area contributed by atoms with E-state index >= 15 is 0 Å². The number of halogens is 2. The summed E-state index contributed by atoms with van der Waals surface area (Å²) >= 11 is 0. The average Bonchev–Trinajstić information content (AvgIpc) is 2.68. The van der Waals surface area contributed by atoms with Crippen LogP contribution in [-0.4, -0.2) is 48.2 Å². The van der Waals surface area contributed by atoms with Crippen molar-refractivity contribution in [3.8, 4) is 11.8 Å². The van der Waals surface area contributed by atoms with Gasteiger partial charge in [-0.05, 0) is 67.9 Å². The number of benzene rings is 1. The SMILES string of the molecule is CC#Cc1cc(C)c(C2C(=O)CC3(CCN(C(=O)COC(C)(F)F)CC3)CC2=O)c(C)c1. The molecule has 0 radical (unpaired) electrons. The second kappa shape index (κ2) is 9.11. The van der Waals surface area contributed by atoms with E-state index in [1.165, 1.54) is 4.90 Å². The predicted molar refractivity (Wildman–Crippen MR) is 115 cm³/mol. The van der Waals surface area contributed by atoms with Crippen LogP contribution in [0.3, 0.4) is 0 Å². The highest BCUT2D eigenvalue weighted by atomic mass is 19.3. The lowest BCUT2D eigenvalue weighted by Gasteiger charge is -2.44. The first kappa shape index (κ1) is 24.1. The van der Waals surface area contributed by atoms with Crippen molar-refractivity contribution in [2.45, 2.75) is 65.4 Å². The van der Waals surface area contributed by atoms with Gasteiger partial charge in [0.25, 0.3) is 0 Å². The van der Waals surface area contributed by atoms with Gasteiger partial charge in [-0.2, -0.15) is 8.78 Å². The van der Waals surface area contributed by atoms with Crippen molar-refractivity contribution in [3.05, 3.63) is 34.4 Å². The minimum atomic E-state index is -3.36. The lowest BCUT2D eigenvalue weighted by molar-refractivity contribution is -0.225. The van der Waals surface area contributed by atoms with Gasteiger partial charge < -0.3 is 9.64 Å². The zero-order valence-electron chi connectivity index (χ0n) is 19.0. The number of piperidine rings is 1. The molecule has 1 heterocycles. The number of likely N-dealkylation sites (tertiary alicyclic amines) is 1. The first-order chi connectivity index (χ1) is 14.9. The van der Waals surface area contributed by atoms with Crippen LogP contribution in [0.4, 0.5) is 8.78 Å². The molecule has 3 rings (SSSR count). The Hall–Kier alpha value is -2.59. The maximum absolute atomic E-state index is 13.2. The number of rotatable bonds is 4. The van der Waals surface area contributed by atoms with Gasteiger partial charge in [0, 0.05) is 38.4 Å². The maximum atomic E-state index is 13.2. The Kier molecular flexibility index (Phi) is 6.85. The molecule has 7 heteroatoms. The van der Waals surface area contributed by atoms with Crippen LogP contribution in [0.25, 0.3) is 0 Å². The maximum Gasteiger partial charge on any atom is 0.353 e. The van der Waals surface area contributed by atoms with E-state index in [0.29, 0.717) is 32.9 Å². The van der Waals surface area contributed by atoms with Crippen molar-refractivity contribution in [2.24, 2.45) is 5.41 Å². The molecule has 2 fully saturated rings. The van der Waals surface area contributed by atoms with Gasteiger partial charge in [0.2, 0.25) is 5.91 Å². The first-order valence-electron chi connectivity index (χ1n) is 10.8. The van der Waals surface area contributed by atoms with E-state index in [1.807, 2.05) is 26.0 Å². The number of nitrogens with zero attached hydrogens (tertiary/aromatic N) is 1. The number of carbonyl (C=O) groups excluding carboxylic acids is 3. The Morgan fingerprint density at radius 3 is 2.16 bits per heavy atom. The zero-order valence-corrected chi connectivity index (χ0v) is 19.0. The molecule has 1 aliphatic carbocycles. The number of amides is 1. The molecule has 0 atom stereocenters. The third-order valence-electron chi connectivity index (χ3n) is 6.52.